The van der Waals surface area contributed by atoms with Gasteiger partial charge in [-0.3, -0.25) is 4.79 Å². The smallest absolute Gasteiger partial charge is 0.348 e. The van der Waals surface area contributed by atoms with Crippen LogP contribution in [0.4, 0.5) is 24.8 Å². The Morgan fingerprint density at radius 1 is 1.00 bits per heavy atom. The summed E-state index contributed by atoms with van der Waals surface area (Å²) in [6.45, 7) is 2.35. The summed E-state index contributed by atoms with van der Waals surface area (Å²) >= 11 is 0. The summed E-state index contributed by atoms with van der Waals surface area (Å²) in [6.07, 6.45) is -1.68. The second kappa shape index (κ2) is 8.08. The summed E-state index contributed by atoms with van der Waals surface area (Å²) in [4.78, 5) is 20.3. The molecule has 28 heavy (non-hydrogen) atoms. The minimum Gasteiger partial charge on any atom is -0.348 e. The van der Waals surface area contributed by atoms with E-state index in [0.717, 1.165) is 23.3 Å². The molecule has 0 aliphatic heterocycles. The van der Waals surface area contributed by atoms with Gasteiger partial charge >= 0.3 is 6.18 Å². The van der Waals surface area contributed by atoms with E-state index in [0.29, 0.717) is 12.2 Å². The molecule has 0 saturated carbocycles. The highest BCUT2D eigenvalue weighted by atomic mass is 19.4. The predicted octanol–water partition coefficient (Wildman–Crippen LogP) is 4.48. The molecule has 0 unspecified atom stereocenters. The van der Waals surface area contributed by atoms with Crippen molar-refractivity contribution >= 4 is 17.5 Å². The van der Waals surface area contributed by atoms with Gasteiger partial charge < -0.3 is 10.6 Å². The fraction of sp³-hybridized carbons (Fsp3) is 0.150. The van der Waals surface area contributed by atoms with Crippen LogP contribution in [0.5, 0.6) is 0 Å². The predicted molar refractivity (Wildman–Crippen MR) is 99.1 cm³/mol. The Hall–Kier alpha value is -3.42. The van der Waals surface area contributed by atoms with Gasteiger partial charge in [-0.05, 0) is 42.3 Å². The van der Waals surface area contributed by atoms with Crippen LogP contribution in [0.25, 0.3) is 0 Å². The van der Waals surface area contributed by atoms with Crippen molar-refractivity contribution in [1.29, 1.82) is 0 Å². The van der Waals surface area contributed by atoms with E-state index < -0.39 is 11.7 Å². The van der Waals surface area contributed by atoms with Crippen molar-refractivity contribution in [3.63, 3.8) is 0 Å². The first-order valence-corrected chi connectivity index (χ1v) is 8.42. The SMILES string of the molecule is Cc1ccccc1CNC(=O)c1cnc(Nc2ccc(C(F)(F)F)cc2)nc1. The van der Waals surface area contributed by atoms with Crippen molar-refractivity contribution in [3.8, 4) is 0 Å². The van der Waals surface area contributed by atoms with Crippen molar-refractivity contribution < 1.29 is 18.0 Å². The first-order valence-electron chi connectivity index (χ1n) is 8.42. The Balaban J connectivity index is 1.60. The maximum atomic E-state index is 12.6. The standard InChI is InChI=1S/C20H17F3N4O/c1-13-4-2-3-5-14(13)10-24-18(28)15-11-25-19(26-12-15)27-17-8-6-16(7-9-17)20(21,22)23/h2-9,11-12H,10H2,1H3,(H,24,28)(H,25,26,27). The van der Waals surface area contributed by atoms with E-state index in [1.165, 1.54) is 24.5 Å². The van der Waals surface area contributed by atoms with Crippen LogP contribution >= 0.6 is 0 Å². The molecular formula is C20H17F3N4O. The Labute approximate surface area is 159 Å². The van der Waals surface area contributed by atoms with Crippen LogP contribution in [0.1, 0.15) is 27.0 Å². The molecule has 2 N–H and O–H groups in total. The zero-order valence-corrected chi connectivity index (χ0v) is 14.9. The molecule has 2 aromatic carbocycles. The van der Waals surface area contributed by atoms with Crippen molar-refractivity contribution in [2.45, 2.75) is 19.6 Å². The number of nitrogens with zero attached hydrogens (tertiary/aromatic N) is 2. The van der Waals surface area contributed by atoms with Crippen molar-refractivity contribution in [2.75, 3.05) is 5.32 Å². The van der Waals surface area contributed by atoms with Gasteiger partial charge in [-0.1, -0.05) is 24.3 Å². The highest BCUT2D eigenvalue weighted by Crippen LogP contribution is 2.30. The van der Waals surface area contributed by atoms with Crippen LogP contribution in [0, 0.1) is 6.92 Å². The average Bonchev–Trinajstić information content (AvgIpc) is 2.67. The first kappa shape index (κ1) is 19.3. The zero-order valence-electron chi connectivity index (χ0n) is 14.9. The minimum absolute atomic E-state index is 0.176. The second-order valence-corrected chi connectivity index (χ2v) is 6.10. The molecule has 0 radical (unpaired) electrons. The van der Waals surface area contributed by atoms with E-state index >= 15 is 0 Å². The number of hydrogen-bond acceptors (Lipinski definition) is 4. The molecule has 0 fully saturated rings. The van der Waals surface area contributed by atoms with Crippen LogP contribution in [-0.2, 0) is 12.7 Å². The highest BCUT2D eigenvalue weighted by Gasteiger charge is 2.29. The molecule has 5 nitrogen and oxygen atoms in total. The average molecular weight is 386 g/mol. The molecule has 144 valence electrons. The number of alkyl halides is 3. The van der Waals surface area contributed by atoms with Gasteiger partial charge in [-0.25, -0.2) is 9.97 Å². The third kappa shape index (κ3) is 4.85. The Bertz CT molecular complexity index is 954. The summed E-state index contributed by atoms with van der Waals surface area (Å²) in [5, 5.41) is 5.59. The van der Waals surface area contributed by atoms with Gasteiger partial charge in [0.1, 0.15) is 0 Å². The minimum atomic E-state index is -4.39. The molecule has 0 aliphatic rings. The normalized spacial score (nSPS) is 11.1. The van der Waals surface area contributed by atoms with E-state index in [4.69, 9.17) is 0 Å². The Morgan fingerprint density at radius 2 is 1.64 bits per heavy atom. The third-order valence-electron chi connectivity index (χ3n) is 4.08. The lowest BCUT2D eigenvalue weighted by molar-refractivity contribution is -0.137. The van der Waals surface area contributed by atoms with Gasteiger partial charge in [-0.15, -0.1) is 0 Å². The lowest BCUT2D eigenvalue weighted by Crippen LogP contribution is -2.23. The largest absolute Gasteiger partial charge is 0.416 e. The van der Waals surface area contributed by atoms with Gasteiger partial charge in [0.25, 0.3) is 5.91 Å². The van der Waals surface area contributed by atoms with Crippen LogP contribution in [0.3, 0.4) is 0 Å². The maximum Gasteiger partial charge on any atom is 0.416 e. The van der Waals surface area contributed by atoms with Gasteiger partial charge in [0.05, 0.1) is 11.1 Å². The molecule has 0 atom stereocenters. The summed E-state index contributed by atoms with van der Waals surface area (Å²) in [7, 11) is 0. The topological polar surface area (TPSA) is 66.9 Å². The molecule has 3 rings (SSSR count). The van der Waals surface area contributed by atoms with Crippen LogP contribution in [0.2, 0.25) is 0 Å². The van der Waals surface area contributed by atoms with E-state index in [1.54, 1.807) is 0 Å². The van der Waals surface area contributed by atoms with Crippen LogP contribution < -0.4 is 10.6 Å². The fourth-order valence-corrected chi connectivity index (χ4v) is 2.47. The maximum absolute atomic E-state index is 12.6. The molecule has 0 spiro atoms. The third-order valence-corrected chi connectivity index (χ3v) is 4.08. The number of carbonyl (C=O) groups excluding carboxylic acids is 1. The van der Waals surface area contributed by atoms with E-state index in [-0.39, 0.29) is 17.4 Å². The summed E-state index contributed by atoms with van der Waals surface area (Å²) in [5.74, 6) is -0.139. The molecule has 1 aromatic heterocycles. The molecule has 1 amide bonds. The van der Waals surface area contributed by atoms with Crippen LogP contribution in [-0.4, -0.2) is 15.9 Å². The molecule has 8 heteroatoms. The lowest BCUT2D eigenvalue weighted by Gasteiger charge is -2.09. The monoisotopic (exact) mass is 386 g/mol. The number of amides is 1. The number of nitrogens with one attached hydrogen (secondary N) is 2. The van der Waals surface area contributed by atoms with Crippen LogP contribution in [0.15, 0.2) is 60.9 Å². The number of halogens is 3. The number of rotatable bonds is 5. The Kier molecular flexibility index (Phi) is 5.58. The molecule has 0 bridgehead atoms. The summed E-state index contributed by atoms with van der Waals surface area (Å²) < 4.78 is 37.7. The van der Waals surface area contributed by atoms with Gasteiger partial charge in [-0.2, -0.15) is 13.2 Å². The number of aromatic nitrogens is 2. The molecule has 1 heterocycles. The fourth-order valence-electron chi connectivity index (χ4n) is 2.47. The van der Waals surface area contributed by atoms with E-state index in [9.17, 15) is 18.0 Å². The number of carbonyl (C=O) groups is 1. The summed E-state index contributed by atoms with van der Waals surface area (Å²) in [6, 6.07) is 12.2. The second-order valence-electron chi connectivity index (χ2n) is 6.10. The van der Waals surface area contributed by atoms with Gasteiger partial charge in [0.15, 0.2) is 0 Å². The number of aryl methyl sites for hydroxylation is 1. The lowest BCUT2D eigenvalue weighted by atomic mass is 10.1. The van der Waals surface area contributed by atoms with Crippen molar-refractivity contribution in [3.05, 3.63) is 83.2 Å². The van der Waals surface area contributed by atoms with Gasteiger partial charge in [0.2, 0.25) is 5.95 Å². The van der Waals surface area contributed by atoms with E-state index in [2.05, 4.69) is 20.6 Å². The number of hydrogen-bond donors (Lipinski definition) is 2. The molecule has 3 aromatic rings. The van der Waals surface area contributed by atoms with E-state index in [1.807, 2.05) is 31.2 Å². The summed E-state index contributed by atoms with van der Waals surface area (Å²) in [5.41, 5.74) is 2.04. The quantitative estimate of drug-likeness (QED) is 0.679. The number of anilines is 2. The Morgan fingerprint density at radius 3 is 2.25 bits per heavy atom. The number of benzene rings is 2. The molecule has 0 saturated heterocycles. The van der Waals surface area contributed by atoms with Gasteiger partial charge in [0, 0.05) is 24.6 Å². The molecule has 0 aliphatic carbocycles. The first-order chi connectivity index (χ1) is 13.3. The zero-order chi connectivity index (χ0) is 20.1. The highest BCUT2D eigenvalue weighted by molar-refractivity contribution is 5.93. The van der Waals surface area contributed by atoms with Crippen molar-refractivity contribution in [2.24, 2.45) is 0 Å². The molecular weight excluding hydrogens is 369 g/mol. The van der Waals surface area contributed by atoms with Crippen molar-refractivity contribution in [1.82, 2.24) is 15.3 Å².